The number of hydrogen-bond acceptors (Lipinski definition) is 4. The van der Waals surface area contributed by atoms with Crippen LogP contribution in [-0.4, -0.2) is 32.6 Å². The Balaban J connectivity index is -0.000000372. The molecule has 0 bridgehead atoms. The molecule has 0 aromatic rings. The fraction of sp³-hybridized carbons (Fsp3) is 0.750. The summed E-state index contributed by atoms with van der Waals surface area (Å²) in [5.74, 6) is 1.28. The molecule has 0 saturated carbocycles. The predicted octanol–water partition coefficient (Wildman–Crippen LogP) is 5.02. The summed E-state index contributed by atoms with van der Waals surface area (Å²) >= 11 is 11.2. The third-order valence-electron chi connectivity index (χ3n) is 2.38. The van der Waals surface area contributed by atoms with Gasteiger partial charge in [-0.15, -0.1) is 0 Å². The number of hydrogen-bond donors (Lipinski definition) is 0. The van der Waals surface area contributed by atoms with Crippen LogP contribution in [0.15, 0.2) is 10.2 Å². The molecular weight excluding hydrogens is 572 g/mol. The summed E-state index contributed by atoms with van der Waals surface area (Å²) in [6, 6.07) is 0. The van der Waals surface area contributed by atoms with E-state index < -0.39 is 0 Å². The fourth-order valence-electron chi connectivity index (χ4n) is 1.60. The van der Waals surface area contributed by atoms with Gasteiger partial charge in [0.2, 0.25) is 0 Å². The number of thioether (sulfide) groups is 2. The van der Waals surface area contributed by atoms with Crippen LogP contribution in [0.1, 0.15) is 54.4 Å². The van der Waals surface area contributed by atoms with Crippen LogP contribution in [0.2, 0.25) is 0 Å². The molecule has 0 radical (unpaired) electrons. The second-order valence-electron chi connectivity index (χ2n) is 6.04. The molecule has 4 nitrogen and oxygen atoms in total. The van der Waals surface area contributed by atoms with Crippen molar-refractivity contribution in [2.75, 3.05) is 12.5 Å². The number of thiol groups is 2. The maximum Gasteiger partial charge on any atom is 0.174 e. The Bertz CT molecular complexity index is 398. The molecule has 0 aromatic heterocycles. The van der Waals surface area contributed by atoms with E-state index >= 15 is 0 Å². The summed E-state index contributed by atoms with van der Waals surface area (Å²) in [6.45, 7) is 12.6. The van der Waals surface area contributed by atoms with Crippen LogP contribution in [0.5, 0.6) is 0 Å². The average Bonchev–Trinajstić information content (AvgIpc) is 2.49. The second-order valence-corrected chi connectivity index (χ2v) is 9.08. The van der Waals surface area contributed by atoms with Crippen molar-refractivity contribution in [3.05, 3.63) is 10.9 Å². The topological polar surface area (TPSA) is 52.9 Å². The monoisotopic (exact) mass is 603 g/mol. The van der Waals surface area contributed by atoms with Crippen LogP contribution in [0.4, 0.5) is 0 Å². The van der Waals surface area contributed by atoms with Gasteiger partial charge in [-0.3, -0.25) is 0 Å². The van der Waals surface area contributed by atoms with Gasteiger partial charge >= 0.3 is 0 Å². The van der Waals surface area contributed by atoms with Crippen molar-refractivity contribution in [2.45, 2.75) is 54.4 Å². The molecule has 0 N–H and O–H groups in total. The molecule has 0 unspecified atom stereocenters. The van der Waals surface area contributed by atoms with Gasteiger partial charge in [-0.05, 0) is 62.5 Å². The summed E-state index contributed by atoms with van der Waals surface area (Å²) < 4.78 is 1.41. The molecule has 0 aromatic carbocycles. The van der Waals surface area contributed by atoms with E-state index in [9.17, 15) is 0 Å². The normalized spacial score (nSPS) is 11.4. The van der Waals surface area contributed by atoms with Crippen LogP contribution in [0, 0.1) is 11.8 Å². The van der Waals surface area contributed by atoms with Gasteiger partial charge in [0.25, 0.3) is 0 Å². The molecule has 0 amide bonds. The molecule has 0 heterocycles. The molecule has 0 aliphatic carbocycles. The standard InChI is InChI=1S/2C8H16N2S2.Pt/c2*1-6(2)5-7(3)9-10-8(11)12-4;/h2*6H,5H2,1-4H3,(H,10,11);. The summed E-state index contributed by atoms with van der Waals surface area (Å²) in [5, 5.41) is 8.08. The second kappa shape index (κ2) is 19.3. The third-order valence-corrected chi connectivity index (χ3v) is 4.55. The molecule has 25 heavy (non-hydrogen) atoms. The smallest absolute Gasteiger partial charge is 0.174 e. The zero-order chi connectivity index (χ0) is 19.1. The van der Waals surface area contributed by atoms with Gasteiger partial charge in [0.15, 0.2) is 33.1 Å². The molecule has 0 saturated heterocycles. The van der Waals surface area contributed by atoms with Gasteiger partial charge in [0.1, 0.15) is 0 Å². The molecule has 9 heteroatoms. The van der Waals surface area contributed by atoms with Crippen LogP contribution in [-0.2, 0) is 45.5 Å². The minimum Gasteiger partial charge on any atom is -0.520 e. The van der Waals surface area contributed by atoms with Gasteiger partial charge in [-0.1, -0.05) is 51.2 Å². The van der Waals surface area contributed by atoms with E-state index in [1.807, 2.05) is 26.4 Å². The number of nitrogens with zero attached hydrogens (tertiary/aromatic N) is 4. The van der Waals surface area contributed by atoms with E-state index in [0.29, 0.717) is 20.5 Å². The fourth-order valence-corrected chi connectivity index (χ4v) is 1.94. The molecule has 0 aliphatic rings. The zero-order valence-corrected chi connectivity index (χ0v) is 22.1. The van der Waals surface area contributed by atoms with Gasteiger partial charge in [0, 0.05) is 21.1 Å². The minimum atomic E-state index is 0. The van der Waals surface area contributed by atoms with E-state index in [1.165, 1.54) is 23.5 Å². The van der Waals surface area contributed by atoms with E-state index in [-0.39, 0.29) is 21.1 Å². The van der Waals surface area contributed by atoms with Crippen LogP contribution in [0.3, 0.4) is 0 Å². The van der Waals surface area contributed by atoms with Crippen molar-refractivity contribution in [3.63, 3.8) is 0 Å². The van der Waals surface area contributed by atoms with Gasteiger partial charge in [-0.25, -0.2) is 0 Å². The van der Waals surface area contributed by atoms with E-state index in [4.69, 9.17) is 0 Å². The van der Waals surface area contributed by atoms with Crippen LogP contribution < -0.4 is 0 Å². The van der Waals surface area contributed by atoms with Crippen LogP contribution in [0.25, 0.3) is 10.9 Å². The zero-order valence-electron chi connectivity index (χ0n) is 16.4. The Morgan fingerprint density at radius 2 is 1.08 bits per heavy atom. The Labute approximate surface area is 187 Å². The molecule has 0 atom stereocenters. The predicted molar refractivity (Wildman–Crippen MR) is 126 cm³/mol. The first kappa shape index (κ1) is 30.2. The molecule has 0 rings (SSSR count). The van der Waals surface area contributed by atoms with E-state index in [1.54, 1.807) is 0 Å². The van der Waals surface area contributed by atoms with Crippen molar-refractivity contribution < 1.29 is 21.1 Å². The summed E-state index contributed by atoms with van der Waals surface area (Å²) in [7, 11) is 0. The SMILES string of the molecule is CSC(=[SH+])[N-]N=C(C)CC(C)C.CSC(=[SH+])[N-]N=C(C)CC(C)C.[Pt]. The Kier molecular flexibility index (Phi) is 23.3. The first-order chi connectivity index (χ1) is 11.1. The molecule has 0 aliphatic heterocycles. The molecular formula is C16H32N4PtS4. The maximum atomic E-state index is 4.10. The first-order valence-electron chi connectivity index (χ1n) is 7.80. The van der Waals surface area contributed by atoms with Crippen molar-refractivity contribution in [1.82, 2.24) is 0 Å². The molecule has 150 valence electrons. The van der Waals surface area contributed by atoms with Crippen molar-refractivity contribution in [3.8, 4) is 0 Å². The third kappa shape index (κ3) is 24.5. The Morgan fingerprint density at radius 3 is 1.28 bits per heavy atom. The van der Waals surface area contributed by atoms with Gasteiger partial charge in [0.05, 0.1) is 0 Å². The summed E-state index contributed by atoms with van der Waals surface area (Å²) in [5.41, 5.74) is 9.98. The quantitative estimate of drug-likeness (QED) is 0.141. The average molecular weight is 604 g/mol. The van der Waals surface area contributed by atoms with Crippen molar-refractivity contribution in [1.29, 1.82) is 0 Å². The molecule has 0 fully saturated rings. The Hall–Kier alpha value is 0.508. The Morgan fingerprint density at radius 1 is 0.800 bits per heavy atom. The van der Waals surface area contributed by atoms with E-state index in [0.717, 1.165) is 24.3 Å². The van der Waals surface area contributed by atoms with Crippen LogP contribution >= 0.6 is 23.5 Å². The van der Waals surface area contributed by atoms with Crippen molar-refractivity contribution >= 4 is 68.0 Å². The van der Waals surface area contributed by atoms with Gasteiger partial charge in [-0.2, -0.15) is 0 Å². The minimum absolute atomic E-state index is 0. The summed E-state index contributed by atoms with van der Waals surface area (Å²) in [6.07, 6.45) is 5.86. The number of rotatable bonds is 6. The summed E-state index contributed by atoms with van der Waals surface area (Å²) in [4.78, 5) is 0. The van der Waals surface area contributed by atoms with Crippen molar-refractivity contribution in [2.24, 2.45) is 22.0 Å². The first-order valence-corrected chi connectivity index (χ1v) is 11.1. The maximum absolute atomic E-state index is 4.10. The van der Waals surface area contributed by atoms with E-state index in [2.05, 4.69) is 73.2 Å². The largest absolute Gasteiger partial charge is 0.520 e. The van der Waals surface area contributed by atoms with Gasteiger partial charge < -0.3 is 21.1 Å². The molecule has 0 spiro atoms.